The van der Waals surface area contributed by atoms with Crippen LogP contribution in [0, 0.1) is 6.92 Å². The minimum atomic E-state index is -0.169. The van der Waals surface area contributed by atoms with Gasteiger partial charge in [-0.1, -0.05) is 12.8 Å². The van der Waals surface area contributed by atoms with E-state index in [1.54, 1.807) is 4.52 Å². The molecule has 2 fully saturated rings. The Balaban J connectivity index is 1.42. The third kappa shape index (κ3) is 2.57. The SMILES string of the molecule is Cc1nnc2ccc(N3CC(N(C)C4CCCCC4O)C3)nn12. The van der Waals surface area contributed by atoms with Crippen LogP contribution in [0.2, 0.25) is 0 Å². The van der Waals surface area contributed by atoms with Crippen molar-refractivity contribution in [2.45, 2.75) is 50.8 Å². The zero-order valence-electron chi connectivity index (χ0n) is 13.8. The fraction of sp³-hybridized carbons (Fsp3) is 0.688. The molecule has 2 aromatic heterocycles. The van der Waals surface area contributed by atoms with Gasteiger partial charge in [-0.2, -0.15) is 4.52 Å². The van der Waals surface area contributed by atoms with Crippen LogP contribution in [-0.4, -0.2) is 68.1 Å². The number of fused-ring (bicyclic) bond motifs is 1. The molecule has 7 nitrogen and oxygen atoms in total. The molecule has 0 aromatic carbocycles. The van der Waals surface area contributed by atoms with Gasteiger partial charge in [-0.3, -0.25) is 4.90 Å². The van der Waals surface area contributed by atoms with Crippen LogP contribution in [-0.2, 0) is 0 Å². The smallest absolute Gasteiger partial charge is 0.178 e. The highest BCUT2D eigenvalue weighted by Crippen LogP contribution is 2.28. The van der Waals surface area contributed by atoms with Crippen LogP contribution in [0.15, 0.2) is 12.1 Å². The summed E-state index contributed by atoms with van der Waals surface area (Å²) in [6.45, 7) is 3.83. The van der Waals surface area contributed by atoms with Crippen LogP contribution in [0.4, 0.5) is 5.82 Å². The van der Waals surface area contributed by atoms with E-state index in [0.29, 0.717) is 12.1 Å². The molecule has 1 saturated carbocycles. The van der Waals surface area contributed by atoms with Gasteiger partial charge in [0.05, 0.1) is 6.10 Å². The van der Waals surface area contributed by atoms with Gasteiger partial charge in [0, 0.05) is 25.2 Å². The molecule has 2 atom stereocenters. The number of likely N-dealkylation sites (N-methyl/N-ethyl adjacent to an activating group) is 1. The van der Waals surface area contributed by atoms with Gasteiger partial charge in [-0.25, -0.2) is 0 Å². The lowest BCUT2D eigenvalue weighted by Crippen LogP contribution is -2.63. The summed E-state index contributed by atoms with van der Waals surface area (Å²) >= 11 is 0. The van der Waals surface area contributed by atoms with Crippen molar-refractivity contribution in [3.8, 4) is 0 Å². The zero-order chi connectivity index (χ0) is 16.0. The van der Waals surface area contributed by atoms with Crippen LogP contribution in [0.5, 0.6) is 0 Å². The summed E-state index contributed by atoms with van der Waals surface area (Å²) in [5.74, 6) is 1.77. The van der Waals surface area contributed by atoms with E-state index in [1.807, 2.05) is 19.1 Å². The lowest BCUT2D eigenvalue weighted by Gasteiger charge is -2.48. The largest absolute Gasteiger partial charge is 0.391 e. The van der Waals surface area contributed by atoms with Crippen LogP contribution in [0.3, 0.4) is 0 Å². The van der Waals surface area contributed by atoms with Gasteiger partial charge < -0.3 is 10.0 Å². The Hall–Kier alpha value is -1.73. The van der Waals surface area contributed by atoms with E-state index in [-0.39, 0.29) is 6.10 Å². The second kappa shape index (κ2) is 5.72. The molecule has 2 aromatic rings. The lowest BCUT2D eigenvalue weighted by atomic mass is 9.90. The van der Waals surface area contributed by atoms with Gasteiger partial charge in [-0.15, -0.1) is 15.3 Å². The van der Waals surface area contributed by atoms with E-state index in [2.05, 4.69) is 32.1 Å². The molecule has 1 aliphatic heterocycles. The second-order valence-corrected chi connectivity index (χ2v) is 6.85. The summed E-state index contributed by atoms with van der Waals surface area (Å²) in [6, 6.07) is 4.78. The molecule has 2 aliphatic rings. The summed E-state index contributed by atoms with van der Waals surface area (Å²) in [5, 5.41) is 23.0. The van der Waals surface area contributed by atoms with E-state index in [9.17, 15) is 5.11 Å². The summed E-state index contributed by atoms with van der Waals surface area (Å²) in [4.78, 5) is 4.65. The van der Waals surface area contributed by atoms with Gasteiger partial charge in [0.15, 0.2) is 11.5 Å². The molecule has 3 heterocycles. The Morgan fingerprint density at radius 1 is 1.17 bits per heavy atom. The lowest BCUT2D eigenvalue weighted by molar-refractivity contribution is 0.00675. The monoisotopic (exact) mass is 316 g/mol. The fourth-order valence-corrected chi connectivity index (χ4v) is 3.79. The number of aromatic nitrogens is 4. The van der Waals surface area contributed by atoms with Crippen molar-refractivity contribution in [1.82, 2.24) is 24.7 Å². The highest BCUT2D eigenvalue weighted by molar-refractivity contribution is 5.47. The normalized spacial score (nSPS) is 26.0. The number of anilines is 1. The van der Waals surface area contributed by atoms with E-state index in [4.69, 9.17) is 0 Å². The molecule has 0 radical (unpaired) electrons. The first-order chi connectivity index (χ1) is 11.1. The Kier molecular flexibility index (Phi) is 3.69. The van der Waals surface area contributed by atoms with Crippen molar-refractivity contribution in [3.05, 3.63) is 18.0 Å². The van der Waals surface area contributed by atoms with Gasteiger partial charge in [0.25, 0.3) is 0 Å². The van der Waals surface area contributed by atoms with E-state index in [0.717, 1.165) is 49.6 Å². The summed E-state index contributed by atoms with van der Waals surface area (Å²) < 4.78 is 1.79. The number of aliphatic hydroxyl groups is 1. The Bertz CT molecular complexity index is 695. The average molecular weight is 316 g/mol. The minimum absolute atomic E-state index is 0.169. The number of hydrogen-bond donors (Lipinski definition) is 1. The molecule has 0 amide bonds. The van der Waals surface area contributed by atoms with Gasteiger partial charge >= 0.3 is 0 Å². The summed E-state index contributed by atoms with van der Waals surface area (Å²) in [6.07, 6.45) is 4.27. The first-order valence-corrected chi connectivity index (χ1v) is 8.47. The number of aliphatic hydroxyl groups excluding tert-OH is 1. The molecule has 1 aliphatic carbocycles. The van der Waals surface area contributed by atoms with Crippen LogP contribution in [0.1, 0.15) is 31.5 Å². The Labute approximate surface area is 135 Å². The molecule has 23 heavy (non-hydrogen) atoms. The van der Waals surface area contributed by atoms with Crippen molar-refractivity contribution in [2.75, 3.05) is 25.0 Å². The van der Waals surface area contributed by atoms with Crippen molar-refractivity contribution < 1.29 is 5.11 Å². The molecule has 0 spiro atoms. The molecule has 4 rings (SSSR count). The number of nitrogens with zero attached hydrogens (tertiary/aromatic N) is 6. The Morgan fingerprint density at radius 2 is 1.96 bits per heavy atom. The van der Waals surface area contributed by atoms with E-state index in [1.165, 1.54) is 6.42 Å². The molecule has 1 N–H and O–H groups in total. The third-order valence-corrected chi connectivity index (χ3v) is 5.38. The van der Waals surface area contributed by atoms with Gasteiger partial charge in [-0.05, 0) is 38.9 Å². The molecule has 2 unspecified atom stereocenters. The zero-order valence-corrected chi connectivity index (χ0v) is 13.8. The standard InChI is InChI=1S/C16H24N6O/c1-11-17-18-15-7-8-16(19-22(11)15)21-9-12(10-21)20(2)13-5-3-4-6-14(13)23/h7-8,12-14,23H,3-6,9-10H2,1-2H3. The Morgan fingerprint density at radius 3 is 2.74 bits per heavy atom. The van der Waals surface area contributed by atoms with Crippen molar-refractivity contribution in [3.63, 3.8) is 0 Å². The molecule has 7 heteroatoms. The number of hydrogen-bond acceptors (Lipinski definition) is 6. The molecular weight excluding hydrogens is 292 g/mol. The van der Waals surface area contributed by atoms with Crippen LogP contribution in [0.25, 0.3) is 5.65 Å². The summed E-state index contributed by atoms with van der Waals surface area (Å²) in [7, 11) is 2.15. The van der Waals surface area contributed by atoms with Crippen molar-refractivity contribution in [2.24, 2.45) is 0 Å². The highest BCUT2D eigenvalue weighted by atomic mass is 16.3. The molecule has 124 valence electrons. The topological polar surface area (TPSA) is 69.8 Å². The highest BCUT2D eigenvalue weighted by Gasteiger charge is 2.37. The van der Waals surface area contributed by atoms with Crippen molar-refractivity contribution in [1.29, 1.82) is 0 Å². The summed E-state index contributed by atoms with van der Waals surface area (Å²) in [5.41, 5.74) is 0.783. The van der Waals surface area contributed by atoms with Crippen LogP contribution < -0.4 is 4.90 Å². The molecule has 0 bridgehead atoms. The van der Waals surface area contributed by atoms with Gasteiger partial charge in [0.1, 0.15) is 5.82 Å². The van der Waals surface area contributed by atoms with Crippen LogP contribution >= 0.6 is 0 Å². The van der Waals surface area contributed by atoms with E-state index >= 15 is 0 Å². The fourth-order valence-electron chi connectivity index (χ4n) is 3.79. The second-order valence-electron chi connectivity index (χ2n) is 6.85. The predicted molar refractivity (Wildman–Crippen MR) is 87.5 cm³/mol. The third-order valence-electron chi connectivity index (χ3n) is 5.38. The van der Waals surface area contributed by atoms with Crippen molar-refractivity contribution >= 4 is 11.5 Å². The molecule has 1 saturated heterocycles. The minimum Gasteiger partial charge on any atom is -0.391 e. The quantitative estimate of drug-likeness (QED) is 0.905. The maximum Gasteiger partial charge on any atom is 0.178 e. The first-order valence-electron chi connectivity index (χ1n) is 8.47. The number of aryl methyl sites for hydroxylation is 1. The predicted octanol–water partition coefficient (Wildman–Crippen LogP) is 0.857. The maximum absolute atomic E-state index is 10.2. The van der Waals surface area contributed by atoms with Gasteiger partial charge in [0.2, 0.25) is 0 Å². The first kappa shape index (κ1) is 14.8. The maximum atomic E-state index is 10.2. The van der Waals surface area contributed by atoms with E-state index < -0.39 is 0 Å². The average Bonchev–Trinajstić information content (AvgIpc) is 2.87. The number of rotatable bonds is 3. The molecular formula is C16H24N6O.